The smallest absolute Gasteiger partial charge is 0.134 e. The molecule has 2 aliphatic heterocycles. The van der Waals surface area contributed by atoms with E-state index in [0.29, 0.717) is 11.2 Å². The van der Waals surface area contributed by atoms with Gasteiger partial charge in [-0.15, -0.1) is 0 Å². The number of hydrogen-bond donors (Lipinski definition) is 2. The minimum atomic E-state index is 0.292. The van der Waals surface area contributed by atoms with E-state index in [2.05, 4.69) is 22.1 Å². The van der Waals surface area contributed by atoms with Crippen LogP contribution in [-0.4, -0.2) is 34.2 Å². The largest absolute Gasteiger partial charge is 0.506 e. The highest BCUT2D eigenvalue weighted by Crippen LogP contribution is 2.54. The van der Waals surface area contributed by atoms with Crippen molar-refractivity contribution in [2.75, 3.05) is 18.8 Å². The van der Waals surface area contributed by atoms with E-state index in [4.69, 9.17) is 0 Å². The van der Waals surface area contributed by atoms with Gasteiger partial charge >= 0.3 is 0 Å². The number of piperidine rings is 1. The lowest BCUT2D eigenvalue weighted by atomic mass is 9.59. The predicted molar refractivity (Wildman–Crippen MR) is 73.1 cm³/mol. The molecule has 4 rings (SSSR count). The molecule has 18 heavy (non-hydrogen) atoms. The molecule has 2 saturated heterocycles. The molecule has 0 amide bonds. The summed E-state index contributed by atoms with van der Waals surface area (Å²) in [7, 11) is 0. The quantitative estimate of drug-likeness (QED) is 0.747. The third-order valence-corrected chi connectivity index (χ3v) is 6.40. The molecule has 4 heteroatoms. The minimum absolute atomic E-state index is 0.292. The maximum absolute atomic E-state index is 9.79. The average molecular weight is 262 g/mol. The molecule has 0 spiro atoms. The fourth-order valence-electron chi connectivity index (χ4n) is 4.19. The highest BCUT2D eigenvalue weighted by molar-refractivity contribution is 8.00. The SMILES string of the molecule is Oc1cnc2c(c1)[C@@]13CCNC[C@H]1[C@@H](C2)SCC3. The first-order valence-electron chi connectivity index (χ1n) is 6.80. The molecule has 0 radical (unpaired) electrons. The van der Waals surface area contributed by atoms with Gasteiger partial charge in [-0.3, -0.25) is 4.98 Å². The number of aromatic nitrogens is 1. The summed E-state index contributed by atoms with van der Waals surface area (Å²) in [6.45, 7) is 2.23. The van der Waals surface area contributed by atoms with Crippen molar-refractivity contribution in [3.63, 3.8) is 0 Å². The van der Waals surface area contributed by atoms with Gasteiger partial charge in [0.1, 0.15) is 5.75 Å². The number of thioether (sulfide) groups is 1. The highest BCUT2D eigenvalue weighted by atomic mass is 32.2. The van der Waals surface area contributed by atoms with E-state index >= 15 is 0 Å². The van der Waals surface area contributed by atoms with Crippen LogP contribution in [0.1, 0.15) is 24.1 Å². The van der Waals surface area contributed by atoms with Crippen molar-refractivity contribution in [1.82, 2.24) is 10.3 Å². The number of hydrogen-bond acceptors (Lipinski definition) is 4. The summed E-state index contributed by atoms with van der Waals surface area (Å²) < 4.78 is 0. The molecule has 1 aliphatic carbocycles. The molecular formula is C14H18N2OS. The third-order valence-electron chi connectivity index (χ3n) is 5.04. The Morgan fingerprint density at radius 3 is 3.33 bits per heavy atom. The van der Waals surface area contributed by atoms with Crippen LogP contribution < -0.4 is 5.32 Å². The van der Waals surface area contributed by atoms with E-state index in [9.17, 15) is 5.11 Å². The molecule has 96 valence electrons. The van der Waals surface area contributed by atoms with Gasteiger partial charge in [-0.2, -0.15) is 11.8 Å². The van der Waals surface area contributed by atoms with Gasteiger partial charge in [0.25, 0.3) is 0 Å². The Bertz CT molecular complexity index is 489. The Kier molecular flexibility index (Phi) is 2.39. The van der Waals surface area contributed by atoms with Gasteiger partial charge in [0, 0.05) is 22.8 Å². The first-order valence-corrected chi connectivity index (χ1v) is 7.85. The van der Waals surface area contributed by atoms with E-state index < -0.39 is 0 Å². The summed E-state index contributed by atoms with van der Waals surface area (Å²) in [6.07, 6.45) is 5.14. The highest BCUT2D eigenvalue weighted by Gasteiger charge is 2.52. The van der Waals surface area contributed by atoms with Crippen molar-refractivity contribution in [3.05, 3.63) is 23.5 Å². The zero-order chi connectivity index (χ0) is 12.2. The van der Waals surface area contributed by atoms with Crippen LogP contribution in [0.5, 0.6) is 5.75 Å². The van der Waals surface area contributed by atoms with Crippen molar-refractivity contribution in [2.45, 2.75) is 29.9 Å². The van der Waals surface area contributed by atoms with Crippen LogP contribution in [0.25, 0.3) is 0 Å². The van der Waals surface area contributed by atoms with E-state index in [1.54, 1.807) is 6.20 Å². The van der Waals surface area contributed by atoms with Gasteiger partial charge < -0.3 is 10.4 Å². The van der Waals surface area contributed by atoms with E-state index in [-0.39, 0.29) is 0 Å². The Hall–Kier alpha value is -0.740. The van der Waals surface area contributed by atoms with E-state index in [1.165, 1.54) is 29.9 Å². The summed E-state index contributed by atoms with van der Waals surface area (Å²) in [4.78, 5) is 4.50. The second-order valence-electron chi connectivity index (χ2n) is 5.77. The summed E-state index contributed by atoms with van der Waals surface area (Å²) in [5.41, 5.74) is 2.88. The van der Waals surface area contributed by atoms with Crippen LogP contribution in [0.15, 0.2) is 12.3 Å². The fraction of sp³-hybridized carbons (Fsp3) is 0.643. The Morgan fingerprint density at radius 1 is 1.44 bits per heavy atom. The summed E-state index contributed by atoms with van der Waals surface area (Å²) >= 11 is 2.12. The lowest BCUT2D eigenvalue weighted by molar-refractivity contribution is 0.165. The van der Waals surface area contributed by atoms with Crippen LogP contribution in [-0.2, 0) is 11.8 Å². The van der Waals surface area contributed by atoms with Crippen LogP contribution in [0.3, 0.4) is 0 Å². The average Bonchev–Trinajstić information content (AvgIpc) is 2.40. The molecule has 3 aliphatic rings. The first kappa shape index (κ1) is 11.1. The van der Waals surface area contributed by atoms with E-state index in [0.717, 1.165) is 30.7 Å². The predicted octanol–water partition coefficient (Wildman–Crippen LogP) is 1.70. The summed E-state index contributed by atoms with van der Waals surface area (Å²) in [5.74, 6) is 2.31. The standard InChI is InChI=1S/C14H18N2OS/c17-9-5-10-12(16-7-9)6-13-11-8-15-3-1-14(10,11)2-4-18-13/h5,7,11,13,15,17H,1-4,6,8H2/t11-,13+,14-/m0/s1. The monoisotopic (exact) mass is 262 g/mol. The molecule has 3 atom stereocenters. The number of aromatic hydroxyl groups is 1. The number of pyridine rings is 1. The lowest BCUT2D eigenvalue weighted by Crippen LogP contribution is -2.57. The molecule has 3 heterocycles. The minimum Gasteiger partial charge on any atom is -0.506 e. The molecule has 2 N–H and O–H groups in total. The number of rotatable bonds is 0. The molecule has 0 unspecified atom stereocenters. The zero-order valence-electron chi connectivity index (χ0n) is 10.4. The van der Waals surface area contributed by atoms with Crippen LogP contribution >= 0.6 is 11.8 Å². The molecule has 2 bridgehead atoms. The van der Waals surface area contributed by atoms with Gasteiger partial charge in [0.05, 0.1) is 6.20 Å². The molecule has 3 nitrogen and oxygen atoms in total. The van der Waals surface area contributed by atoms with Crippen molar-refractivity contribution in [1.29, 1.82) is 0 Å². The van der Waals surface area contributed by atoms with Gasteiger partial charge in [-0.05, 0) is 49.2 Å². The molecule has 0 aromatic carbocycles. The van der Waals surface area contributed by atoms with Crippen LogP contribution in [0.4, 0.5) is 0 Å². The van der Waals surface area contributed by atoms with Crippen molar-refractivity contribution >= 4 is 11.8 Å². The first-order chi connectivity index (χ1) is 8.79. The molecular weight excluding hydrogens is 244 g/mol. The topological polar surface area (TPSA) is 45.2 Å². The zero-order valence-corrected chi connectivity index (χ0v) is 11.2. The third kappa shape index (κ3) is 1.39. The summed E-state index contributed by atoms with van der Waals surface area (Å²) in [5, 5.41) is 14.1. The second-order valence-corrected chi connectivity index (χ2v) is 7.11. The lowest BCUT2D eigenvalue weighted by Gasteiger charge is -2.54. The van der Waals surface area contributed by atoms with Gasteiger partial charge in [0.2, 0.25) is 0 Å². The maximum Gasteiger partial charge on any atom is 0.134 e. The molecule has 2 fully saturated rings. The van der Waals surface area contributed by atoms with Gasteiger partial charge in [-0.25, -0.2) is 0 Å². The van der Waals surface area contributed by atoms with Crippen molar-refractivity contribution < 1.29 is 5.11 Å². The Labute approximate surface area is 111 Å². The van der Waals surface area contributed by atoms with E-state index in [1.807, 2.05) is 6.07 Å². The number of nitrogens with one attached hydrogen (secondary N) is 1. The normalized spacial score (nSPS) is 37.8. The van der Waals surface area contributed by atoms with Gasteiger partial charge in [-0.1, -0.05) is 0 Å². The number of fused-ring (bicyclic) bond motifs is 1. The summed E-state index contributed by atoms with van der Waals surface area (Å²) in [6, 6.07) is 1.99. The Morgan fingerprint density at radius 2 is 2.39 bits per heavy atom. The molecule has 0 saturated carbocycles. The molecule has 1 aromatic heterocycles. The van der Waals surface area contributed by atoms with Crippen molar-refractivity contribution in [3.8, 4) is 5.75 Å². The second kappa shape index (κ2) is 3.87. The maximum atomic E-state index is 9.79. The van der Waals surface area contributed by atoms with Crippen LogP contribution in [0, 0.1) is 5.92 Å². The van der Waals surface area contributed by atoms with Crippen molar-refractivity contribution in [2.24, 2.45) is 5.92 Å². The van der Waals surface area contributed by atoms with Gasteiger partial charge in [0.15, 0.2) is 0 Å². The Balaban J connectivity index is 1.91. The van der Waals surface area contributed by atoms with Crippen LogP contribution in [0.2, 0.25) is 0 Å². The molecule has 1 aromatic rings. The fourth-order valence-corrected chi connectivity index (χ4v) is 5.84. The number of nitrogens with zero attached hydrogens (tertiary/aromatic N) is 1.